The maximum atomic E-state index is 6.13. The molecule has 0 unspecified atom stereocenters. The van der Waals surface area contributed by atoms with Crippen LogP contribution in [0.3, 0.4) is 0 Å². The van der Waals surface area contributed by atoms with Crippen LogP contribution in [0.1, 0.15) is 52.7 Å². The Bertz CT molecular complexity index is 4630. The van der Waals surface area contributed by atoms with Crippen molar-refractivity contribution in [2.24, 2.45) is 0 Å². The molecule has 0 amide bonds. The van der Waals surface area contributed by atoms with Crippen LogP contribution in [0.4, 0.5) is 34.1 Å². The summed E-state index contributed by atoms with van der Waals surface area (Å²) >= 11 is 0. The fraction of sp³-hybridized carbons (Fsp3) is 0.116. The van der Waals surface area contributed by atoms with Crippen molar-refractivity contribution in [3.8, 4) is 0 Å². The lowest BCUT2D eigenvalue weighted by molar-refractivity contribution is 0.591. The Morgan fingerprint density at radius 2 is 0.770 bits per heavy atom. The molecule has 0 fully saturated rings. The van der Waals surface area contributed by atoms with E-state index in [-0.39, 0.29) is 10.8 Å². The van der Waals surface area contributed by atoms with Crippen LogP contribution in [-0.4, -0.2) is 13.8 Å². The van der Waals surface area contributed by atoms with Crippen molar-refractivity contribution in [3.05, 3.63) is 223 Å². The van der Waals surface area contributed by atoms with Crippen LogP contribution in [-0.2, 0) is 10.8 Å². The summed E-state index contributed by atoms with van der Waals surface area (Å²) in [6, 6.07) is 78.5. The van der Waals surface area contributed by atoms with Crippen molar-refractivity contribution < 1.29 is 0 Å². The summed E-state index contributed by atoms with van der Waals surface area (Å²) in [7, 11) is 0. The van der Waals surface area contributed by atoms with Crippen molar-refractivity contribution in [2.45, 2.75) is 52.4 Å². The summed E-state index contributed by atoms with van der Waals surface area (Å²) in [6.45, 7) is 14.0. The van der Waals surface area contributed by atoms with E-state index in [1.165, 1.54) is 81.5 Å². The van der Waals surface area contributed by atoms with E-state index in [4.69, 9.17) is 4.98 Å². The zero-order chi connectivity index (χ0) is 49.8. The third-order valence-electron chi connectivity index (χ3n) is 15.9. The van der Waals surface area contributed by atoms with Crippen LogP contribution >= 0.6 is 0 Å². The van der Waals surface area contributed by atoms with Gasteiger partial charge in [-0.1, -0.05) is 163 Å². The average molecular weight is 952 g/mol. The SMILES string of the molecule is CC(C)(C)c1cc(N(c2ccccc2)c2ccccc2)c2c(c1)c1cc(C(C)(C)C)cc3c4nc5c(cc4n2c13)c1c2ccccc2cc2c3c4ccccc4cc(N(c4ccccc4)c4ccccc4)c3n5c21. The minimum absolute atomic E-state index is 0.123. The molecule has 15 rings (SSSR count). The Hall–Kier alpha value is -8.93. The standard InChI is InChI=1S/C69H53N5/c1-68(2,3)44-37-52-53-38-45(69(4,5)6)40-59(72(48-29-15-9-16-30-48)49-31-17-10-18-32-49)64(53)73-57-41-55-61-50-33-21-19-23-42(50)35-54-60-51-34-22-20-24-43(51)36-58(71(46-25-11-7-12-26-46)47-27-13-8-14-28-47)66(60)74(65(54)61)67(55)70-62(57)56(39-44)63(52)73/h7-41H,1-6H3. The molecule has 5 aromatic heterocycles. The lowest BCUT2D eigenvalue weighted by Crippen LogP contribution is -2.15. The van der Waals surface area contributed by atoms with Crippen molar-refractivity contribution in [2.75, 3.05) is 9.80 Å². The van der Waals surface area contributed by atoms with Gasteiger partial charge in [-0.3, -0.25) is 4.40 Å². The van der Waals surface area contributed by atoms with Gasteiger partial charge in [0.25, 0.3) is 0 Å². The monoisotopic (exact) mass is 951 g/mol. The molecule has 0 spiro atoms. The van der Waals surface area contributed by atoms with Crippen LogP contribution in [0.5, 0.6) is 0 Å². The van der Waals surface area contributed by atoms with E-state index in [1.54, 1.807) is 0 Å². The Morgan fingerprint density at radius 3 is 1.30 bits per heavy atom. The van der Waals surface area contributed by atoms with Gasteiger partial charge in [0, 0.05) is 60.5 Å². The van der Waals surface area contributed by atoms with Crippen molar-refractivity contribution in [1.29, 1.82) is 0 Å². The molecule has 10 aromatic carbocycles. The van der Waals surface area contributed by atoms with Gasteiger partial charge in [-0.2, -0.15) is 0 Å². The molecule has 0 atom stereocenters. The molecule has 0 aliphatic rings. The third kappa shape index (κ3) is 6.01. The number of benzene rings is 10. The highest BCUT2D eigenvalue weighted by Crippen LogP contribution is 2.53. The highest BCUT2D eigenvalue weighted by atomic mass is 15.2. The molecule has 0 bridgehead atoms. The molecule has 15 aromatic rings. The normalized spacial score (nSPS) is 12.7. The molecule has 354 valence electrons. The Labute approximate surface area is 429 Å². The first-order valence-electron chi connectivity index (χ1n) is 26.0. The van der Waals surface area contributed by atoms with E-state index in [0.29, 0.717) is 0 Å². The summed E-state index contributed by atoms with van der Waals surface area (Å²) in [4.78, 5) is 11.0. The molecule has 5 nitrogen and oxygen atoms in total. The second kappa shape index (κ2) is 15.3. The zero-order valence-electron chi connectivity index (χ0n) is 42.4. The predicted molar refractivity (Wildman–Crippen MR) is 315 cm³/mol. The summed E-state index contributed by atoms with van der Waals surface area (Å²) < 4.78 is 5.11. The van der Waals surface area contributed by atoms with Gasteiger partial charge < -0.3 is 14.2 Å². The first-order valence-corrected chi connectivity index (χ1v) is 26.0. The second-order valence-corrected chi connectivity index (χ2v) is 22.4. The molecule has 5 heteroatoms. The Kier molecular flexibility index (Phi) is 8.83. The number of rotatable bonds is 6. The van der Waals surface area contributed by atoms with Crippen molar-refractivity contribution in [3.63, 3.8) is 0 Å². The van der Waals surface area contributed by atoms with Gasteiger partial charge in [0.05, 0.1) is 44.5 Å². The molecule has 0 saturated heterocycles. The van der Waals surface area contributed by atoms with Crippen LogP contribution in [0, 0.1) is 0 Å². The maximum Gasteiger partial charge on any atom is 0.146 e. The fourth-order valence-electron chi connectivity index (χ4n) is 12.4. The number of fused-ring (bicyclic) bond motifs is 16. The molecule has 0 aliphatic heterocycles. The molecule has 5 heterocycles. The van der Waals surface area contributed by atoms with Gasteiger partial charge in [0.1, 0.15) is 5.65 Å². The number of hydrogen-bond acceptors (Lipinski definition) is 3. The van der Waals surface area contributed by atoms with Crippen LogP contribution < -0.4 is 9.80 Å². The van der Waals surface area contributed by atoms with Crippen LogP contribution in [0.15, 0.2) is 212 Å². The van der Waals surface area contributed by atoms with Gasteiger partial charge in [-0.05, 0) is 134 Å². The number of pyridine rings is 1. The molecule has 0 aliphatic carbocycles. The first-order chi connectivity index (χ1) is 36.0. The molecular formula is C69H53N5. The number of anilines is 6. The van der Waals surface area contributed by atoms with Gasteiger partial charge in [-0.25, -0.2) is 4.98 Å². The number of hydrogen-bond donors (Lipinski definition) is 0. The largest absolute Gasteiger partial charge is 0.308 e. The molecular weight excluding hydrogens is 899 g/mol. The molecule has 74 heavy (non-hydrogen) atoms. The molecule has 0 N–H and O–H groups in total. The second-order valence-electron chi connectivity index (χ2n) is 22.4. The quantitative estimate of drug-likeness (QED) is 0.166. The number of nitrogens with zero attached hydrogens (tertiary/aromatic N) is 5. The fourth-order valence-corrected chi connectivity index (χ4v) is 12.4. The minimum atomic E-state index is -0.130. The van der Waals surface area contributed by atoms with Crippen LogP contribution in [0.25, 0.3) is 98.0 Å². The van der Waals surface area contributed by atoms with Crippen LogP contribution in [0.2, 0.25) is 0 Å². The highest BCUT2D eigenvalue weighted by Gasteiger charge is 2.32. The van der Waals surface area contributed by atoms with E-state index >= 15 is 0 Å². The lowest BCUT2D eigenvalue weighted by Gasteiger charge is -2.29. The molecule has 0 saturated carbocycles. The van der Waals surface area contributed by atoms with Gasteiger partial charge in [0.15, 0.2) is 0 Å². The number of para-hydroxylation sites is 4. The van der Waals surface area contributed by atoms with Crippen molar-refractivity contribution in [1.82, 2.24) is 13.8 Å². The van der Waals surface area contributed by atoms with Gasteiger partial charge in [-0.15, -0.1) is 0 Å². The Balaban J connectivity index is 1.18. The third-order valence-corrected chi connectivity index (χ3v) is 15.9. The topological polar surface area (TPSA) is 28.2 Å². The number of aromatic nitrogens is 3. The summed E-state index contributed by atoms with van der Waals surface area (Å²) in [6.07, 6.45) is 0. The summed E-state index contributed by atoms with van der Waals surface area (Å²) in [5, 5.41) is 13.4. The molecule has 0 radical (unpaired) electrons. The maximum absolute atomic E-state index is 6.13. The average Bonchev–Trinajstić information content (AvgIpc) is 4.15. The van der Waals surface area contributed by atoms with E-state index in [9.17, 15) is 0 Å². The summed E-state index contributed by atoms with van der Waals surface area (Å²) in [5.41, 5.74) is 16.8. The Morgan fingerprint density at radius 1 is 0.338 bits per heavy atom. The van der Waals surface area contributed by atoms with Gasteiger partial charge in [0.2, 0.25) is 0 Å². The summed E-state index contributed by atoms with van der Waals surface area (Å²) in [5.74, 6) is 0. The predicted octanol–water partition coefficient (Wildman–Crippen LogP) is 19.2. The smallest absolute Gasteiger partial charge is 0.146 e. The zero-order valence-corrected chi connectivity index (χ0v) is 42.4. The lowest BCUT2D eigenvalue weighted by atomic mass is 9.84. The van der Waals surface area contributed by atoms with E-state index in [0.717, 1.165) is 61.7 Å². The van der Waals surface area contributed by atoms with Crippen molar-refractivity contribution >= 4 is 132 Å². The highest BCUT2D eigenvalue weighted by molar-refractivity contribution is 6.37. The van der Waals surface area contributed by atoms with Gasteiger partial charge >= 0.3 is 0 Å². The van der Waals surface area contributed by atoms with E-state index in [1.807, 2.05) is 0 Å². The van der Waals surface area contributed by atoms with E-state index in [2.05, 4.69) is 272 Å². The first kappa shape index (κ1) is 42.7. The minimum Gasteiger partial charge on any atom is -0.308 e. The van der Waals surface area contributed by atoms with E-state index < -0.39 is 0 Å².